The van der Waals surface area contributed by atoms with Gasteiger partial charge < -0.3 is 45.2 Å². The van der Waals surface area contributed by atoms with Crippen LogP contribution in [0.25, 0.3) is 0 Å². The maximum absolute atomic E-state index is 13.3. The quantitative estimate of drug-likeness (QED) is 0.124. The number of carbonyl (C=O) groups excluding carboxylic acids is 1. The van der Waals surface area contributed by atoms with Crippen molar-refractivity contribution in [2.75, 3.05) is 0 Å². The average molecular weight is 565 g/mol. The first-order valence-corrected chi connectivity index (χ1v) is 13.0. The number of hydrogen-bond acceptors (Lipinski definition) is 11. The minimum absolute atomic E-state index is 0.118. The number of fused-ring (bicyclic) bond motifs is 1. The van der Waals surface area contributed by atoms with Crippen LogP contribution in [0.15, 0.2) is 72.8 Å². The molecule has 4 aromatic rings. The van der Waals surface area contributed by atoms with E-state index in [1.807, 2.05) is 30.3 Å². The number of rotatable bonds is 6. The summed E-state index contributed by atoms with van der Waals surface area (Å²) in [5.41, 5.74) is 1.24. The first-order valence-electron chi connectivity index (χ1n) is 12.0. The second-order valence-corrected chi connectivity index (χ2v) is 10.2. The standard InChI is InChI=1S/C29H24O10S/c30-17-11-20(33)24-23(12-17)38-26(15-6-7-18(31)19(32)8-15)27(28(24)40-13-14-4-2-1-3-5-14)39-29(37)16-9-21(34)25(36)22(35)10-16/h1-12,26-28,30-36H,13H2/t26-,27+,28+/m1/s1. The Morgan fingerprint density at radius 2 is 1.48 bits per heavy atom. The van der Waals surface area contributed by atoms with Crippen molar-refractivity contribution in [2.24, 2.45) is 0 Å². The van der Waals surface area contributed by atoms with Crippen molar-refractivity contribution in [1.82, 2.24) is 0 Å². The molecule has 0 spiro atoms. The Labute approximate surface area is 231 Å². The summed E-state index contributed by atoms with van der Waals surface area (Å²) < 4.78 is 12.0. The highest BCUT2D eigenvalue weighted by atomic mass is 32.2. The van der Waals surface area contributed by atoms with Crippen molar-refractivity contribution in [3.05, 3.63) is 95.1 Å². The predicted molar refractivity (Wildman–Crippen MR) is 144 cm³/mol. The largest absolute Gasteiger partial charge is 0.508 e. The van der Waals surface area contributed by atoms with Crippen LogP contribution in [0.3, 0.4) is 0 Å². The normalized spacial score (nSPS) is 17.9. The minimum atomic E-state index is -1.17. The van der Waals surface area contributed by atoms with E-state index in [0.717, 1.165) is 23.8 Å². The molecule has 0 radical (unpaired) electrons. The number of aromatic hydroxyl groups is 7. The number of thioether (sulfide) groups is 1. The molecule has 7 N–H and O–H groups in total. The van der Waals surface area contributed by atoms with Crippen molar-refractivity contribution in [3.8, 4) is 46.0 Å². The van der Waals surface area contributed by atoms with Gasteiger partial charge in [-0.25, -0.2) is 4.79 Å². The molecule has 0 aliphatic carbocycles. The molecule has 1 aliphatic heterocycles. The monoisotopic (exact) mass is 564 g/mol. The summed E-state index contributed by atoms with van der Waals surface area (Å²) in [6.07, 6.45) is -2.28. The molecule has 0 bridgehead atoms. The summed E-state index contributed by atoms with van der Waals surface area (Å²) in [4.78, 5) is 13.3. The van der Waals surface area contributed by atoms with E-state index in [1.54, 1.807) is 0 Å². The molecule has 10 nitrogen and oxygen atoms in total. The van der Waals surface area contributed by atoms with Gasteiger partial charge in [0.2, 0.25) is 0 Å². The van der Waals surface area contributed by atoms with Gasteiger partial charge in [0, 0.05) is 23.4 Å². The van der Waals surface area contributed by atoms with Crippen molar-refractivity contribution >= 4 is 17.7 Å². The summed E-state index contributed by atoms with van der Waals surface area (Å²) in [6.45, 7) is 0. The molecule has 3 atom stereocenters. The van der Waals surface area contributed by atoms with E-state index in [-0.39, 0.29) is 34.1 Å². The van der Waals surface area contributed by atoms with Crippen molar-refractivity contribution in [1.29, 1.82) is 0 Å². The van der Waals surface area contributed by atoms with Crippen molar-refractivity contribution < 1.29 is 50.0 Å². The average Bonchev–Trinajstić information content (AvgIpc) is 2.92. The molecule has 4 aromatic carbocycles. The molecule has 206 valence electrons. The molecule has 0 unspecified atom stereocenters. The summed E-state index contributed by atoms with van der Waals surface area (Å²) in [5, 5.41) is 69.8. The Hall–Kier alpha value is -4.90. The van der Waals surface area contributed by atoms with Gasteiger partial charge in [-0.15, -0.1) is 11.8 Å². The smallest absolute Gasteiger partial charge is 0.338 e. The summed E-state index contributed by atoms with van der Waals surface area (Å²) >= 11 is 1.32. The third-order valence-electron chi connectivity index (χ3n) is 6.39. The van der Waals surface area contributed by atoms with E-state index in [2.05, 4.69) is 0 Å². The van der Waals surface area contributed by atoms with Gasteiger partial charge in [-0.05, 0) is 29.8 Å². The summed E-state index contributed by atoms with van der Waals surface area (Å²) in [7, 11) is 0. The van der Waals surface area contributed by atoms with E-state index < -0.39 is 46.4 Å². The first-order chi connectivity index (χ1) is 19.1. The van der Waals surface area contributed by atoms with Crippen LogP contribution >= 0.6 is 11.8 Å². The molecular formula is C29H24O10S. The van der Waals surface area contributed by atoms with Gasteiger partial charge in [0.05, 0.1) is 16.4 Å². The topological polar surface area (TPSA) is 177 Å². The Morgan fingerprint density at radius 3 is 2.15 bits per heavy atom. The molecule has 0 saturated carbocycles. The SMILES string of the molecule is O=C(O[C@H]1[C@@H](c2ccc(O)c(O)c2)Oc2cc(O)cc(O)c2[C@@H]1SCc1ccccc1)c1cc(O)c(O)c(O)c1. The molecule has 0 aromatic heterocycles. The van der Waals surface area contributed by atoms with Gasteiger partial charge in [0.1, 0.15) is 17.2 Å². The van der Waals surface area contributed by atoms with E-state index in [4.69, 9.17) is 9.47 Å². The van der Waals surface area contributed by atoms with Crippen LogP contribution in [0, 0.1) is 0 Å². The molecular weight excluding hydrogens is 540 g/mol. The van der Waals surface area contributed by atoms with E-state index in [9.17, 15) is 40.5 Å². The fraction of sp³-hybridized carbons (Fsp3) is 0.138. The summed E-state index contributed by atoms with van der Waals surface area (Å²) in [5.74, 6) is -4.10. The van der Waals surface area contributed by atoms with Crippen LogP contribution in [0.5, 0.6) is 46.0 Å². The molecule has 0 saturated heterocycles. The Balaban J connectivity index is 1.61. The molecule has 0 amide bonds. The lowest BCUT2D eigenvalue weighted by Crippen LogP contribution is -2.37. The maximum Gasteiger partial charge on any atom is 0.338 e. The Morgan fingerprint density at radius 1 is 0.775 bits per heavy atom. The van der Waals surface area contributed by atoms with Crippen LogP contribution in [0.2, 0.25) is 0 Å². The molecule has 0 fully saturated rings. The highest BCUT2D eigenvalue weighted by Gasteiger charge is 2.44. The van der Waals surface area contributed by atoms with Gasteiger partial charge in [0.15, 0.2) is 41.0 Å². The van der Waals surface area contributed by atoms with Crippen molar-refractivity contribution in [3.63, 3.8) is 0 Å². The van der Waals surface area contributed by atoms with Gasteiger partial charge in [-0.1, -0.05) is 36.4 Å². The third kappa shape index (κ3) is 5.19. The van der Waals surface area contributed by atoms with E-state index in [0.29, 0.717) is 11.3 Å². The van der Waals surface area contributed by atoms with Crippen LogP contribution < -0.4 is 4.74 Å². The number of esters is 1. The lowest BCUT2D eigenvalue weighted by Gasteiger charge is -2.39. The second kappa shape index (κ2) is 10.7. The zero-order valence-corrected chi connectivity index (χ0v) is 21.4. The van der Waals surface area contributed by atoms with E-state index in [1.165, 1.54) is 36.0 Å². The van der Waals surface area contributed by atoms with Crippen LogP contribution in [0.1, 0.15) is 38.4 Å². The van der Waals surface area contributed by atoms with Crippen LogP contribution in [0.4, 0.5) is 0 Å². The number of carbonyl (C=O) groups is 1. The second-order valence-electron chi connectivity index (χ2n) is 9.11. The molecule has 40 heavy (non-hydrogen) atoms. The Bertz CT molecular complexity index is 1550. The first kappa shape index (κ1) is 26.7. The minimum Gasteiger partial charge on any atom is -0.508 e. The fourth-order valence-corrected chi connectivity index (χ4v) is 5.81. The number of phenols is 7. The molecule has 1 aliphatic rings. The number of ether oxygens (including phenoxy) is 2. The summed E-state index contributed by atoms with van der Waals surface area (Å²) in [6, 6.07) is 17.7. The highest BCUT2D eigenvalue weighted by molar-refractivity contribution is 7.98. The van der Waals surface area contributed by atoms with Gasteiger partial charge >= 0.3 is 5.97 Å². The molecule has 1 heterocycles. The van der Waals surface area contributed by atoms with E-state index >= 15 is 0 Å². The number of hydrogen-bond donors (Lipinski definition) is 7. The Kier molecular flexibility index (Phi) is 7.14. The zero-order chi connectivity index (χ0) is 28.6. The van der Waals surface area contributed by atoms with Crippen molar-refractivity contribution in [2.45, 2.75) is 23.2 Å². The molecule has 11 heteroatoms. The zero-order valence-electron chi connectivity index (χ0n) is 20.6. The van der Waals surface area contributed by atoms with Crippen LogP contribution in [-0.2, 0) is 10.5 Å². The maximum atomic E-state index is 13.3. The number of phenolic OH excluding ortho intramolecular Hbond substituents is 7. The predicted octanol–water partition coefficient (Wildman–Crippen LogP) is 4.96. The van der Waals surface area contributed by atoms with Gasteiger partial charge in [-0.3, -0.25) is 0 Å². The van der Waals surface area contributed by atoms with Crippen LogP contribution in [-0.4, -0.2) is 47.8 Å². The van der Waals surface area contributed by atoms with Gasteiger partial charge in [-0.2, -0.15) is 0 Å². The molecule has 5 rings (SSSR count). The fourth-order valence-electron chi connectivity index (χ4n) is 4.46. The third-order valence-corrected chi connectivity index (χ3v) is 7.75. The lowest BCUT2D eigenvalue weighted by atomic mass is 9.93. The highest BCUT2D eigenvalue weighted by Crippen LogP contribution is 2.54. The lowest BCUT2D eigenvalue weighted by molar-refractivity contribution is -0.0203. The van der Waals surface area contributed by atoms with Gasteiger partial charge in [0.25, 0.3) is 0 Å². The number of benzene rings is 4.